The summed E-state index contributed by atoms with van der Waals surface area (Å²) >= 11 is 1.73. The zero-order valence-corrected chi connectivity index (χ0v) is 15.8. The van der Waals surface area contributed by atoms with E-state index >= 15 is 0 Å². The normalized spacial score (nSPS) is 11.0. The van der Waals surface area contributed by atoms with Gasteiger partial charge in [0.05, 0.1) is 19.2 Å². The molecule has 27 heavy (non-hydrogen) atoms. The van der Waals surface area contributed by atoms with E-state index in [9.17, 15) is 4.79 Å². The molecule has 0 bridgehead atoms. The van der Waals surface area contributed by atoms with Gasteiger partial charge in [0.15, 0.2) is 5.58 Å². The molecule has 2 heterocycles. The van der Waals surface area contributed by atoms with Crippen LogP contribution in [-0.4, -0.2) is 18.2 Å². The van der Waals surface area contributed by atoms with Crippen LogP contribution < -0.4 is 15.4 Å². The van der Waals surface area contributed by atoms with Crippen molar-refractivity contribution in [2.75, 3.05) is 18.6 Å². The minimum atomic E-state index is -0.318. The van der Waals surface area contributed by atoms with Crippen LogP contribution in [0.3, 0.4) is 0 Å². The van der Waals surface area contributed by atoms with Gasteiger partial charge in [-0.05, 0) is 47.8 Å². The molecule has 4 aromatic rings. The van der Waals surface area contributed by atoms with Gasteiger partial charge in [0, 0.05) is 23.7 Å². The minimum Gasteiger partial charge on any atom is -0.497 e. The Hall–Kier alpha value is -2.99. The summed E-state index contributed by atoms with van der Waals surface area (Å²) in [6.45, 7) is 2.02. The smallest absolute Gasteiger partial charge is 0.420 e. The van der Waals surface area contributed by atoms with E-state index in [1.165, 1.54) is 4.88 Å². The molecule has 0 spiro atoms. The first-order chi connectivity index (χ1) is 13.2. The third-order valence-electron chi connectivity index (χ3n) is 4.53. The SMILES string of the molecule is COc1ccc(N(CCn2c(=O)oc3ccccc32)Cc2cccs2)cc1. The predicted octanol–water partition coefficient (Wildman–Crippen LogP) is 4.37. The highest BCUT2D eigenvalue weighted by Crippen LogP contribution is 2.23. The number of oxazole rings is 1. The summed E-state index contributed by atoms with van der Waals surface area (Å²) in [7, 11) is 1.66. The molecule has 0 N–H and O–H groups in total. The second-order valence-corrected chi connectivity index (χ2v) is 7.22. The zero-order chi connectivity index (χ0) is 18.6. The van der Waals surface area contributed by atoms with Crippen molar-refractivity contribution in [2.24, 2.45) is 0 Å². The van der Waals surface area contributed by atoms with Gasteiger partial charge in [-0.2, -0.15) is 0 Å². The molecule has 0 unspecified atom stereocenters. The summed E-state index contributed by atoms with van der Waals surface area (Å²) in [5.41, 5.74) is 2.54. The molecule has 0 amide bonds. The first-order valence-electron chi connectivity index (χ1n) is 8.74. The molecule has 0 atom stereocenters. The maximum atomic E-state index is 12.3. The summed E-state index contributed by atoms with van der Waals surface area (Å²) < 4.78 is 12.3. The van der Waals surface area contributed by atoms with Crippen LogP contribution in [0.5, 0.6) is 5.75 Å². The number of anilines is 1. The number of para-hydroxylation sites is 2. The molecule has 2 aromatic carbocycles. The lowest BCUT2D eigenvalue weighted by Crippen LogP contribution is -2.29. The van der Waals surface area contributed by atoms with Crippen LogP contribution in [0.1, 0.15) is 4.88 Å². The molecule has 0 radical (unpaired) electrons. The van der Waals surface area contributed by atoms with Crippen molar-refractivity contribution in [3.05, 3.63) is 81.5 Å². The third-order valence-corrected chi connectivity index (χ3v) is 5.39. The van der Waals surface area contributed by atoms with Gasteiger partial charge in [-0.15, -0.1) is 11.3 Å². The number of nitrogens with zero attached hydrogens (tertiary/aromatic N) is 2. The molecule has 2 aromatic heterocycles. The average Bonchev–Trinajstić information content (AvgIpc) is 3.32. The highest BCUT2D eigenvalue weighted by atomic mass is 32.1. The van der Waals surface area contributed by atoms with E-state index in [1.54, 1.807) is 23.0 Å². The van der Waals surface area contributed by atoms with Gasteiger partial charge in [0.25, 0.3) is 0 Å². The molecule has 0 fully saturated rings. The lowest BCUT2D eigenvalue weighted by Gasteiger charge is -2.24. The van der Waals surface area contributed by atoms with E-state index in [4.69, 9.17) is 9.15 Å². The molecule has 0 saturated heterocycles. The van der Waals surface area contributed by atoms with Crippen molar-refractivity contribution in [1.82, 2.24) is 4.57 Å². The number of methoxy groups -OCH3 is 1. The Morgan fingerprint density at radius 3 is 2.63 bits per heavy atom. The molecule has 6 heteroatoms. The summed E-state index contributed by atoms with van der Waals surface area (Å²) in [6, 6.07) is 19.7. The summed E-state index contributed by atoms with van der Waals surface area (Å²) in [5, 5.41) is 2.08. The summed E-state index contributed by atoms with van der Waals surface area (Å²) in [5.74, 6) is 0.508. The second kappa shape index (κ2) is 7.72. The van der Waals surface area contributed by atoms with Crippen LogP contribution in [0.25, 0.3) is 11.1 Å². The third kappa shape index (κ3) is 3.75. The molecule has 4 rings (SSSR count). The van der Waals surface area contributed by atoms with Crippen LogP contribution in [0, 0.1) is 0 Å². The first kappa shape index (κ1) is 17.4. The number of aromatic nitrogens is 1. The lowest BCUT2D eigenvalue weighted by molar-refractivity contribution is 0.415. The van der Waals surface area contributed by atoms with Crippen LogP contribution >= 0.6 is 11.3 Å². The number of fused-ring (bicyclic) bond motifs is 1. The summed E-state index contributed by atoms with van der Waals surface area (Å²) in [6.07, 6.45) is 0. The highest BCUT2D eigenvalue weighted by Gasteiger charge is 2.13. The zero-order valence-electron chi connectivity index (χ0n) is 15.0. The quantitative estimate of drug-likeness (QED) is 0.478. The lowest BCUT2D eigenvalue weighted by atomic mass is 10.2. The van der Waals surface area contributed by atoms with Gasteiger partial charge in [-0.25, -0.2) is 4.79 Å². The number of ether oxygens (including phenoxy) is 1. The molecule has 0 saturated carbocycles. The fourth-order valence-corrected chi connectivity index (χ4v) is 3.85. The van der Waals surface area contributed by atoms with E-state index in [0.29, 0.717) is 18.7 Å². The van der Waals surface area contributed by atoms with E-state index in [-0.39, 0.29) is 5.76 Å². The molecule has 138 valence electrons. The van der Waals surface area contributed by atoms with Crippen molar-refractivity contribution in [3.63, 3.8) is 0 Å². The van der Waals surface area contributed by atoms with Crippen molar-refractivity contribution in [1.29, 1.82) is 0 Å². The second-order valence-electron chi connectivity index (χ2n) is 6.19. The Kier molecular flexibility index (Phi) is 4.98. The topological polar surface area (TPSA) is 47.6 Å². The van der Waals surface area contributed by atoms with E-state index in [2.05, 4.69) is 22.4 Å². The minimum absolute atomic E-state index is 0.318. The van der Waals surface area contributed by atoms with Crippen LogP contribution in [-0.2, 0) is 13.1 Å². The van der Waals surface area contributed by atoms with Gasteiger partial charge in [-0.3, -0.25) is 4.57 Å². The number of hydrogen-bond donors (Lipinski definition) is 0. The number of rotatable bonds is 7. The van der Waals surface area contributed by atoms with Crippen molar-refractivity contribution >= 4 is 28.1 Å². The van der Waals surface area contributed by atoms with Crippen molar-refractivity contribution in [2.45, 2.75) is 13.1 Å². The maximum Gasteiger partial charge on any atom is 0.420 e. The van der Waals surface area contributed by atoms with Crippen LogP contribution in [0.2, 0.25) is 0 Å². The Morgan fingerprint density at radius 1 is 1.07 bits per heavy atom. The van der Waals surface area contributed by atoms with Crippen LogP contribution in [0.4, 0.5) is 5.69 Å². The monoisotopic (exact) mass is 380 g/mol. The molecular formula is C21H20N2O3S. The standard InChI is InChI=1S/C21H20N2O3S/c1-25-17-10-8-16(9-11-17)22(15-18-5-4-14-27-18)12-13-23-19-6-2-3-7-20(19)26-21(23)24/h2-11,14H,12-13,15H2,1H3. The Morgan fingerprint density at radius 2 is 1.89 bits per heavy atom. The number of hydrogen-bond acceptors (Lipinski definition) is 5. The molecule has 0 aliphatic heterocycles. The van der Waals surface area contributed by atoms with E-state index in [1.807, 2.05) is 48.5 Å². The highest BCUT2D eigenvalue weighted by molar-refractivity contribution is 7.09. The largest absolute Gasteiger partial charge is 0.497 e. The maximum absolute atomic E-state index is 12.3. The van der Waals surface area contributed by atoms with Gasteiger partial charge in [0.2, 0.25) is 0 Å². The van der Waals surface area contributed by atoms with Gasteiger partial charge >= 0.3 is 5.76 Å². The number of thiophene rings is 1. The summed E-state index contributed by atoms with van der Waals surface area (Å²) in [4.78, 5) is 15.8. The molecular weight excluding hydrogens is 360 g/mol. The molecule has 0 aliphatic rings. The Bertz CT molecular complexity index is 1060. The fourth-order valence-electron chi connectivity index (χ4n) is 3.13. The van der Waals surface area contributed by atoms with Gasteiger partial charge in [-0.1, -0.05) is 18.2 Å². The van der Waals surface area contributed by atoms with Crippen molar-refractivity contribution in [3.8, 4) is 5.75 Å². The van der Waals surface area contributed by atoms with Gasteiger partial charge in [0.1, 0.15) is 5.75 Å². The van der Waals surface area contributed by atoms with Crippen LogP contribution in [0.15, 0.2) is 75.3 Å². The Labute approximate surface area is 161 Å². The number of benzene rings is 2. The Balaban J connectivity index is 1.60. The van der Waals surface area contributed by atoms with E-state index in [0.717, 1.165) is 23.5 Å². The van der Waals surface area contributed by atoms with Gasteiger partial charge < -0.3 is 14.1 Å². The molecule has 5 nitrogen and oxygen atoms in total. The first-order valence-corrected chi connectivity index (χ1v) is 9.62. The fraction of sp³-hybridized carbons (Fsp3) is 0.190. The van der Waals surface area contributed by atoms with E-state index < -0.39 is 0 Å². The average molecular weight is 380 g/mol. The molecule has 0 aliphatic carbocycles. The predicted molar refractivity (Wildman–Crippen MR) is 109 cm³/mol. The van der Waals surface area contributed by atoms with Crippen molar-refractivity contribution < 1.29 is 9.15 Å².